The first kappa shape index (κ1) is 15.9. The zero-order valence-corrected chi connectivity index (χ0v) is 14.7. The van der Waals surface area contributed by atoms with Gasteiger partial charge >= 0.3 is 0 Å². The molecule has 4 rings (SSSR count). The molecule has 126 valence electrons. The Morgan fingerprint density at radius 1 is 1.08 bits per heavy atom. The Morgan fingerprint density at radius 2 is 1.88 bits per heavy atom. The van der Waals surface area contributed by atoms with Crippen LogP contribution in [0, 0.1) is 0 Å². The average Bonchev–Trinajstić information content (AvgIpc) is 3.05. The van der Waals surface area contributed by atoms with Crippen molar-refractivity contribution >= 4 is 45.6 Å². The summed E-state index contributed by atoms with van der Waals surface area (Å²) in [5, 5.41) is 13.1. The Bertz CT molecular complexity index is 1170. The zero-order chi connectivity index (χ0) is 17.6. The summed E-state index contributed by atoms with van der Waals surface area (Å²) in [5.41, 5.74) is 1.37. The highest BCUT2D eigenvalue weighted by molar-refractivity contribution is 6.43. The molecule has 0 fully saturated rings. The highest BCUT2D eigenvalue weighted by atomic mass is 35.5. The number of para-hydroxylation sites is 1. The smallest absolute Gasteiger partial charge is 0.262 e. The van der Waals surface area contributed by atoms with Gasteiger partial charge in [-0.3, -0.25) is 13.8 Å². The molecule has 0 atom stereocenters. The minimum absolute atomic E-state index is 0.104. The quantitative estimate of drug-likeness (QED) is 0.596. The van der Waals surface area contributed by atoms with Crippen LogP contribution in [0.3, 0.4) is 0 Å². The molecule has 0 saturated carbocycles. The molecule has 0 spiro atoms. The maximum Gasteiger partial charge on any atom is 0.262 e. The lowest BCUT2D eigenvalue weighted by Crippen LogP contribution is -2.20. The minimum atomic E-state index is -0.104. The van der Waals surface area contributed by atoms with Crippen LogP contribution in [-0.2, 0) is 13.6 Å². The van der Waals surface area contributed by atoms with Crippen LogP contribution in [0.15, 0.2) is 47.3 Å². The van der Waals surface area contributed by atoms with Crippen molar-refractivity contribution in [3.63, 3.8) is 0 Å². The van der Waals surface area contributed by atoms with E-state index in [1.807, 2.05) is 34.7 Å². The van der Waals surface area contributed by atoms with Crippen molar-refractivity contribution < 1.29 is 0 Å². The average molecular weight is 374 g/mol. The molecule has 1 N–H and O–H groups in total. The van der Waals surface area contributed by atoms with Gasteiger partial charge in [-0.15, -0.1) is 10.2 Å². The van der Waals surface area contributed by atoms with E-state index in [-0.39, 0.29) is 5.56 Å². The summed E-state index contributed by atoms with van der Waals surface area (Å²) in [6.45, 7) is 0.378. The number of aryl methyl sites for hydroxylation is 1. The number of nitrogens with one attached hydrogen (secondary N) is 1. The van der Waals surface area contributed by atoms with Gasteiger partial charge in [0, 0.05) is 7.05 Å². The predicted octanol–water partition coefficient (Wildman–Crippen LogP) is 3.50. The van der Waals surface area contributed by atoms with Crippen molar-refractivity contribution in [1.82, 2.24) is 19.2 Å². The van der Waals surface area contributed by atoms with E-state index < -0.39 is 0 Å². The molecule has 0 aliphatic rings. The van der Waals surface area contributed by atoms with Gasteiger partial charge in [0.05, 0.1) is 33.2 Å². The van der Waals surface area contributed by atoms with E-state index in [1.54, 1.807) is 19.2 Å². The highest BCUT2D eigenvalue weighted by Gasteiger charge is 2.14. The molecule has 2 heterocycles. The highest BCUT2D eigenvalue weighted by Crippen LogP contribution is 2.29. The van der Waals surface area contributed by atoms with Gasteiger partial charge in [-0.1, -0.05) is 41.4 Å². The Morgan fingerprint density at radius 3 is 2.72 bits per heavy atom. The van der Waals surface area contributed by atoms with Crippen LogP contribution in [0.1, 0.15) is 5.82 Å². The lowest BCUT2D eigenvalue weighted by Gasteiger charge is -2.10. The summed E-state index contributed by atoms with van der Waals surface area (Å²) in [7, 11) is 1.68. The van der Waals surface area contributed by atoms with E-state index in [4.69, 9.17) is 23.2 Å². The van der Waals surface area contributed by atoms with E-state index in [2.05, 4.69) is 15.5 Å². The number of aromatic nitrogens is 4. The molecule has 6 nitrogen and oxygen atoms in total. The second kappa shape index (κ2) is 6.06. The first-order valence-corrected chi connectivity index (χ1v) is 8.33. The fraction of sp³-hybridized carbons (Fsp3) is 0.118. The van der Waals surface area contributed by atoms with Crippen molar-refractivity contribution in [3.8, 4) is 0 Å². The lowest BCUT2D eigenvalue weighted by atomic mass is 10.2. The Balaban J connectivity index is 1.83. The van der Waals surface area contributed by atoms with Crippen LogP contribution in [0.2, 0.25) is 10.0 Å². The van der Waals surface area contributed by atoms with Crippen molar-refractivity contribution in [2.24, 2.45) is 7.05 Å². The number of anilines is 1. The fourth-order valence-corrected chi connectivity index (χ4v) is 3.19. The van der Waals surface area contributed by atoms with Crippen molar-refractivity contribution in [2.45, 2.75) is 6.54 Å². The summed E-state index contributed by atoms with van der Waals surface area (Å²) < 4.78 is 3.35. The predicted molar refractivity (Wildman–Crippen MR) is 99.5 cm³/mol. The number of halogens is 2. The largest absolute Gasteiger partial charge is 0.376 e. The third kappa shape index (κ3) is 2.54. The molecule has 0 aliphatic carbocycles. The maximum atomic E-state index is 12.4. The number of benzene rings is 2. The van der Waals surface area contributed by atoms with Gasteiger partial charge in [-0.25, -0.2) is 0 Å². The van der Waals surface area contributed by atoms with Crippen molar-refractivity contribution in [3.05, 3.63) is 68.7 Å². The van der Waals surface area contributed by atoms with E-state index >= 15 is 0 Å². The topological polar surface area (TPSA) is 64.2 Å². The molecule has 0 amide bonds. The van der Waals surface area contributed by atoms with Crippen LogP contribution >= 0.6 is 23.2 Å². The molecule has 4 aromatic rings. The molecule has 0 aliphatic heterocycles. The van der Waals surface area contributed by atoms with Gasteiger partial charge in [0.2, 0.25) is 5.78 Å². The molecule has 0 bridgehead atoms. The maximum absolute atomic E-state index is 12.4. The minimum Gasteiger partial charge on any atom is -0.376 e. The Labute approximate surface area is 152 Å². The van der Waals surface area contributed by atoms with Crippen LogP contribution < -0.4 is 10.9 Å². The summed E-state index contributed by atoms with van der Waals surface area (Å²) in [4.78, 5) is 12.4. The Kier molecular flexibility index (Phi) is 3.86. The van der Waals surface area contributed by atoms with Gasteiger partial charge in [0.15, 0.2) is 5.82 Å². The van der Waals surface area contributed by atoms with E-state index in [1.165, 1.54) is 4.57 Å². The standard InChI is InChI=1S/C17H13Cl2N5O/c1-23-16(25)10-5-2-3-8-13(10)24-14(21-22-17(23)24)9-20-12-7-4-6-11(18)15(12)19/h2-8,20H,9H2,1H3. The third-order valence-electron chi connectivity index (χ3n) is 4.08. The van der Waals surface area contributed by atoms with Gasteiger partial charge in [-0.05, 0) is 24.3 Å². The summed E-state index contributed by atoms with van der Waals surface area (Å²) in [6.07, 6.45) is 0. The molecule has 0 unspecified atom stereocenters. The first-order chi connectivity index (χ1) is 12.1. The fourth-order valence-electron chi connectivity index (χ4n) is 2.82. The van der Waals surface area contributed by atoms with E-state index in [0.717, 1.165) is 5.52 Å². The third-order valence-corrected chi connectivity index (χ3v) is 4.90. The van der Waals surface area contributed by atoms with Gasteiger partial charge in [0.25, 0.3) is 5.56 Å². The molecule has 8 heteroatoms. The molecular formula is C17H13Cl2N5O. The molecule has 25 heavy (non-hydrogen) atoms. The van der Waals surface area contributed by atoms with Crippen molar-refractivity contribution in [1.29, 1.82) is 0 Å². The van der Waals surface area contributed by atoms with Crippen LogP contribution in [0.5, 0.6) is 0 Å². The van der Waals surface area contributed by atoms with Crippen LogP contribution in [-0.4, -0.2) is 19.2 Å². The zero-order valence-electron chi connectivity index (χ0n) is 13.2. The van der Waals surface area contributed by atoms with Gasteiger partial charge in [0.1, 0.15) is 0 Å². The molecule has 0 radical (unpaired) electrons. The monoisotopic (exact) mass is 373 g/mol. The summed E-state index contributed by atoms with van der Waals surface area (Å²) in [5.74, 6) is 1.15. The molecule has 2 aromatic heterocycles. The SMILES string of the molecule is Cn1c(=O)c2ccccc2n2c(CNc3cccc(Cl)c3Cl)nnc12. The normalized spacial score (nSPS) is 11.3. The number of fused-ring (bicyclic) bond motifs is 3. The number of hydrogen-bond acceptors (Lipinski definition) is 4. The second-order valence-electron chi connectivity index (χ2n) is 5.59. The molecule has 2 aromatic carbocycles. The number of rotatable bonds is 3. The molecule has 0 saturated heterocycles. The van der Waals surface area contributed by atoms with Gasteiger partial charge in [-0.2, -0.15) is 0 Å². The second-order valence-corrected chi connectivity index (χ2v) is 6.37. The van der Waals surface area contributed by atoms with Crippen LogP contribution in [0.25, 0.3) is 16.7 Å². The summed E-state index contributed by atoms with van der Waals surface area (Å²) >= 11 is 12.3. The Hall–Kier alpha value is -2.57. The van der Waals surface area contributed by atoms with Crippen molar-refractivity contribution in [2.75, 3.05) is 5.32 Å². The molecular weight excluding hydrogens is 361 g/mol. The first-order valence-electron chi connectivity index (χ1n) is 7.57. The van der Waals surface area contributed by atoms with E-state index in [9.17, 15) is 4.79 Å². The summed E-state index contributed by atoms with van der Waals surface area (Å²) in [6, 6.07) is 12.8. The number of hydrogen-bond donors (Lipinski definition) is 1. The van der Waals surface area contributed by atoms with Gasteiger partial charge < -0.3 is 5.32 Å². The number of nitrogens with zero attached hydrogens (tertiary/aromatic N) is 4. The van der Waals surface area contributed by atoms with E-state index in [0.29, 0.717) is 39.3 Å². The lowest BCUT2D eigenvalue weighted by molar-refractivity contribution is 0.855. The van der Waals surface area contributed by atoms with Crippen LogP contribution in [0.4, 0.5) is 5.69 Å².